The molecule has 0 atom stereocenters. The van der Waals surface area contributed by atoms with Crippen LogP contribution in [-0.4, -0.2) is 4.98 Å². The Morgan fingerprint density at radius 2 is 1.89 bits per heavy atom. The molecule has 0 N–H and O–H groups in total. The highest BCUT2D eigenvalue weighted by molar-refractivity contribution is 9.10. The first kappa shape index (κ1) is 12.5. The van der Waals surface area contributed by atoms with Gasteiger partial charge in [0.2, 0.25) is 0 Å². The third kappa shape index (κ3) is 2.02. The fourth-order valence-electron chi connectivity index (χ4n) is 2.53. The first-order valence-corrected chi connectivity index (χ1v) is 7.03. The number of hydrogen-bond acceptors (Lipinski definition) is 1. The van der Waals surface area contributed by atoms with Crippen LogP contribution in [0.4, 0.5) is 4.39 Å². The number of aromatic nitrogens is 1. The summed E-state index contributed by atoms with van der Waals surface area (Å²) in [5, 5.41) is 4.07. The molecule has 0 spiro atoms. The van der Waals surface area contributed by atoms with Gasteiger partial charge in [0.15, 0.2) is 0 Å². The van der Waals surface area contributed by atoms with E-state index < -0.39 is 0 Å². The van der Waals surface area contributed by atoms with E-state index in [1.165, 1.54) is 11.6 Å². The molecule has 2 aromatic carbocycles. The first-order chi connectivity index (χ1) is 9.08. The van der Waals surface area contributed by atoms with E-state index in [2.05, 4.69) is 40.8 Å². The van der Waals surface area contributed by atoms with Crippen LogP contribution in [0.3, 0.4) is 0 Å². The van der Waals surface area contributed by atoms with Crippen molar-refractivity contribution >= 4 is 37.5 Å². The fourth-order valence-corrected chi connectivity index (χ4v) is 3.10. The van der Waals surface area contributed by atoms with Crippen LogP contribution < -0.4 is 0 Å². The van der Waals surface area contributed by atoms with Gasteiger partial charge in [-0.2, -0.15) is 0 Å². The van der Waals surface area contributed by atoms with E-state index in [1.807, 2.05) is 12.1 Å². The maximum atomic E-state index is 13.6. The standard InChI is InChI=1S/C16H13BrFN/c1-9(2)13-7-10-5-6-19-16(17)15(10)14-8-11(18)3-4-12(13)14/h3-9H,1-2H3. The molecule has 3 aromatic rings. The van der Waals surface area contributed by atoms with Crippen molar-refractivity contribution in [2.45, 2.75) is 19.8 Å². The van der Waals surface area contributed by atoms with E-state index in [9.17, 15) is 4.39 Å². The molecule has 0 radical (unpaired) electrons. The molecule has 1 aromatic heterocycles. The Hall–Kier alpha value is -1.48. The van der Waals surface area contributed by atoms with Crippen LogP contribution in [-0.2, 0) is 0 Å². The van der Waals surface area contributed by atoms with Crippen LogP contribution in [0.5, 0.6) is 0 Å². The average Bonchev–Trinajstić information content (AvgIpc) is 2.37. The second-order valence-electron chi connectivity index (χ2n) is 5.01. The lowest BCUT2D eigenvalue weighted by Crippen LogP contribution is -1.93. The zero-order valence-corrected chi connectivity index (χ0v) is 12.3. The summed E-state index contributed by atoms with van der Waals surface area (Å²) in [5.41, 5.74) is 1.24. The second kappa shape index (κ2) is 4.57. The van der Waals surface area contributed by atoms with Crippen molar-refractivity contribution in [3.63, 3.8) is 0 Å². The van der Waals surface area contributed by atoms with Crippen molar-refractivity contribution in [2.75, 3.05) is 0 Å². The maximum absolute atomic E-state index is 13.6. The van der Waals surface area contributed by atoms with Gasteiger partial charge in [-0.05, 0) is 61.8 Å². The lowest BCUT2D eigenvalue weighted by molar-refractivity contribution is 0.630. The van der Waals surface area contributed by atoms with Gasteiger partial charge in [0.05, 0.1) is 0 Å². The molecule has 96 valence electrons. The molecule has 0 aliphatic rings. The molecule has 3 rings (SSSR count). The monoisotopic (exact) mass is 317 g/mol. The Labute approximate surface area is 119 Å². The van der Waals surface area contributed by atoms with Gasteiger partial charge in [-0.25, -0.2) is 9.37 Å². The van der Waals surface area contributed by atoms with Crippen molar-refractivity contribution in [3.8, 4) is 0 Å². The van der Waals surface area contributed by atoms with Crippen molar-refractivity contribution < 1.29 is 4.39 Å². The number of benzene rings is 2. The van der Waals surface area contributed by atoms with Crippen LogP contribution in [0, 0.1) is 5.82 Å². The van der Waals surface area contributed by atoms with E-state index in [1.54, 1.807) is 12.3 Å². The second-order valence-corrected chi connectivity index (χ2v) is 5.76. The molecule has 0 fully saturated rings. The zero-order valence-electron chi connectivity index (χ0n) is 10.7. The summed E-state index contributed by atoms with van der Waals surface area (Å²) in [6.07, 6.45) is 1.77. The molecule has 0 aliphatic carbocycles. The van der Waals surface area contributed by atoms with E-state index in [0.29, 0.717) is 5.92 Å². The molecule has 1 heterocycles. The van der Waals surface area contributed by atoms with Crippen LogP contribution in [0.15, 0.2) is 41.1 Å². The number of fused-ring (bicyclic) bond motifs is 3. The molecule has 19 heavy (non-hydrogen) atoms. The van der Waals surface area contributed by atoms with Gasteiger partial charge in [-0.15, -0.1) is 0 Å². The van der Waals surface area contributed by atoms with E-state index in [0.717, 1.165) is 26.1 Å². The van der Waals surface area contributed by atoms with Crippen LogP contribution in [0.1, 0.15) is 25.3 Å². The lowest BCUT2D eigenvalue weighted by Gasteiger charge is -2.14. The third-order valence-electron chi connectivity index (χ3n) is 3.43. The Kier molecular flexibility index (Phi) is 3.02. The molecule has 3 heteroatoms. The van der Waals surface area contributed by atoms with Crippen LogP contribution >= 0.6 is 15.9 Å². The van der Waals surface area contributed by atoms with Gasteiger partial charge < -0.3 is 0 Å². The number of nitrogens with zero attached hydrogens (tertiary/aromatic N) is 1. The molecule has 0 saturated carbocycles. The van der Waals surface area contributed by atoms with Crippen molar-refractivity contribution in [3.05, 3.63) is 52.5 Å². The molecule has 1 nitrogen and oxygen atoms in total. The van der Waals surface area contributed by atoms with Gasteiger partial charge in [0.25, 0.3) is 0 Å². The van der Waals surface area contributed by atoms with Crippen LogP contribution in [0.2, 0.25) is 0 Å². The topological polar surface area (TPSA) is 12.9 Å². The summed E-state index contributed by atoms with van der Waals surface area (Å²) in [7, 11) is 0. The Morgan fingerprint density at radius 1 is 1.11 bits per heavy atom. The average molecular weight is 318 g/mol. The summed E-state index contributed by atoms with van der Waals surface area (Å²) in [6.45, 7) is 4.31. The third-order valence-corrected chi connectivity index (χ3v) is 4.03. The SMILES string of the molecule is CC(C)c1cc2ccnc(Br)c2c2cc(F)ccc12. The maximum Gasteiger partial charge on any atom is 0.123 e. The van der Waals surface area contributed by atoms with Gasteiger partial charge in [-0.3, -0.25) is 0 Å². The highest BCUT2D eigenvalue weighted by Crippen LogP contribution is 2.35. The Morgan fingerprint density at radius 3 is 2.63 bits per heavy atom. The number of pyridine rings is 1. The fraction of sp³-hybridized carbons (Fsp3) is 0.188. The molecular weight excluding hydrogens is 305 g/mol. The van der Waals surface area contributed by atoms with Crippen molar-refractivity contribution in [1.82, 2.24) is 4.98 Å². The molecule has 0 saturated heterocycles. The first-order valence-electron chi connectivity index (χ1n) is 6.24. The number of rotatable bonds is 1. The van der Waals surface area contributed by atoms with Gasteiger partial charge in [0.1, 0.15) is 10.4 Å². The van der Waals surface area contributed by atoms with Crippen molar-refractivity contribution in [2.24, 2.45) is 0 Å². The molecule has 0 unspecified atom stereocenters. The largest absolute Gasteiger partial charge is 0.249 e. The van der Waals surface area contributed by atoms with Gasteiger partial charge >= 0.3 is 0 Å². The van der Waals surface area contributed by atoms with Crippen LogP contribution in [0.25, 0.3) is 21.5 Å². The molecule has 0 aliphatic heterocycles. The lowest BCUT2D eigenvalue weighted by atomic mass is 9.92. The number of halogens is 2. The predicted octanol–water partition coefficient (Wildman–Crippen LogP) is 5.41. The quantitative estimate of drug-likeness (QED) is 0.432. The summed E-state index contributed by atoms with van der Waals surface area (Å²) in [5.74, 6) is 0.176. The predicted molar refractivity (Wildman–Crippen MR) is 81.0 cm³/mol. The smallest absolute Gasteiger partial charge is 0.123 e. The zero-order chi connectivity index (χ0) is 13.6. The van der Waals surface area contributed by atoms with Gasteiger partial charge in [0, 0.05) is 11.6 Å². The van der Waals surface area contributed by atoms with Gasteiger partial charge in [-0.1, -0.05) is 26.0 Å². The van der Waals surface area contributed by atoms with E-state index in [4.69, 9.17) is 0 Å². The molecule has 0 bridgehead atoms. The van der Waals surface area contributed by atoms with E-state index >= 15 is 0 Å². The minimum atomic E-state index is -0.217. The molecule has 0 amide bonds. The normalized spacial score (nSPS) is 11.6. The summed E-state index contributed by atoms with van der Waals surface area (Å²) in [4.78, 5) is 4.26. The minimum Gasteiger partial charge on any atom is -0.249 e. The Bertz CT molecular complexity index is 780. The Balaban J connectivity index is 2.59. The number of hydrogen-bond donors (Lipinski definition) is 0. The summed E-state index contributed by atoms with van der Waals surface area (Å²) < 4.78 is 14.4. The highest BCUT2D eigenvalue weighted by atomic mass is 79.9. The van der Waals surface area contributed by atoms with E-state index in [-0.39, 0.29) is 5.82 Å². The highest BCUT2D eigenvalue weighted by Gasteiger charge is 2.12. The summed E-state index contributed by atoms with van der Waals surface area (Å²) >= 11 is 3.47. The molecular formula is C16H13BrFN. The summed E-state index contributed by atoms with van der Waals surface area (Å²) in [6, 6.07) is 9.11. The van der Waals surface area contributed by atoms with Crippen molar-refractivity contribution in [1.29, 1.82) is 0 Å². The minimum absolute atomic E-state index is 0.217.